The minimum absolute atomic E-state index is 0.0172. The van der Waals surface area contributed by atoms with E-state index in [9.17, 15) is 24.0 Å². The summed E-state index contributed by atoms with van der Waals surface area (Å²) >= 11 is 6.25. The Kier molecular flexibility index (Phi) is 20.3. The van der Waals surface area contributed by atoms with E-state index >= 15 is 13.2 Å². The van der Waals surface area contributed by atoms with Crippen molar-refractivity contribution in [2.24, 2.45) is 0 Å². The normalized spacial score (nSPS) is 14.5. The Bertz CT molecular complexity index is 4310. The van der Waals surface area contributed by atoms with Crippen LogP contribution in [0.25, 0.3) is 31.6 Å². The van der Waals surface area contributed by atoms with Crippen molar-refractivity contribution in [1.29, 1.82) is 0 Å². The Morgan fingerprint density at radius 3 is 1.57 bits per heavy atom. The van der Waals surface area contributed by atoms with Crippen molar-refractivity contribution in [2.75, 3.05) is 86.5 Å². The summed E-state index contributed by atoms with van der Waals surface area (Å²) < 4.78 is 69.5. The average molecular weight is 1400 g/mol. The van der Waals surface area contributed by atoms with Gasteiger partial charge in [0.2, 0.25) is 0 Å². The van der Waals surface area contributed by atoms with Crippen molar-refractivity contribution >= 4 is 111 Å². The van der Waals surface area contributed by atoms with Crippen LogP contribution in [0.5, 0.6) is 5.75 Å². The highest BCUT2D eigenvalue weighted by Gasteiger charge is 2.40. The predicted molar refractivity (Wildman–Crippen MR) is 365 cm³/mol. The molecule has 7 heterocycles. The van der Waals surface area contributed by atoms with Crippen LogP contribution in [-0.4, -0.2) is 137 Å². The van der Waals surface area contributed by atoms with Gasteiger partial charge in [-0.25, -0.2) is 29.5 Å². The molecule has 494 valence electrons. The monoisotopic (exact) mass is 1390 g/mol. The first-order valence-electron chi connectivity index (χ1n) is 30.9. The van der Waals surface area contributed by atoms with Crippen molar-refractivity contribution < 1.29 is 56.1 Å². The van der Waals surface area contributed by atoms with Gasteiger partial charge in [-0.2, -0.15) is 13.2 Å². The molecule has 3 aliphatic rings. The van der Waals surface area contributed by atoms with Gasteiger partial charge in [0.1, 0.15) is 40.8 Å². The lowest BCUT2D eigenvalue weighted by Crippen LogP contribution is -2.48. The molecule has 12 rings (SSSR count). The average Bonchev–Trinajstić information content (AvgIpc) is 1.45. The number of nitrogens with one attached hydrogen (secondary N) is 2. The lowest BCUT2D eigenvalue weighted by atomic mass is 9.94. The molecule has 19 nitrogen and oxygen atoms in total. The molecule has 25 heteroatoms. The molecule has 0 radical (unpaired) electrons. The van der Waals surface area contributed by atoms with Gasteiger partial charge in [0.05, 0.1) is 38.6 Å². The van der Waals surface area contributed by atoms with Gasteiger partial charge in [-0.3, -0.25) is 34.8 Å². The quantitative estimate of drug-likeness (QED) is 0.0722. The molecule has 2 amide bonds. The summed E-state index contributed by atoms with van der Waals surface area (Å²) in [5.74, 6) is -1.57. The molecule has 0 aliphatic carbocycles. The molecule has 3 aliphatic heterocycles. The summed E-state index contributed by atoms with van der Waals surface area (Å²) in [6, 6.07) is 37.5. The molecule has 4 aromatic heterocycles. The fraction of sp³-hybridized carbons (Fsp3) is 0.329. The second-order valence-corrected chi connectivity index (χ2v) is 27.8. The molecule has 1 fully saturated rings. The molecular weight excluding hydrogens is 1330 g/mol. The van der Waals surface area contributed by atoms with Crippen LogP contribution in [0.2, 0.25) is 0 Å². The third-order valence-electron chi connectivity index (χ3n) is 15.9. The van der Waals surface area contributed by atoms with Crippen molar-refractivity contribution in [2.45, 2.75) is 84.9 Å². The number of esters is 3. The van der Waals surface area contributed by atoms with Crippen LogP contribution in [0.4, 0.5) is 35.1 Å². The van der Waals surface area contributed by atoms with Gasteiger partial charge in [-0.1, -0.05) is 83.3 Å². The molecule has 0 saturated carbocycles. The zero-order chi connectivity index (χ0) is 67.3. The Morgan fingerprint density at radius 1 is 0.558 bits per heavy atom. The van der Waals surface area contributed by atoms with Crippen molar-refractivity contribution in [3.8, 4) is 16.9 Å². The summed E-state index contributed by atoms with van der Waals surface area (Å²) in [4.78, 5) is 91.5. The van der Waals surface area contributed by atoms with Crippen LogP contribution in [0, 0.1) is 0 Å². The Labute approximate surface area is 563 Å². The van der Waals surface area contributed by atoms with E-state index in [0.29, 0.717) is 89.7 Å². The Balaban J connectivity index is 0.000000217. The van der Waals surface area contributed by atoms with Crippen molar-refractivity contribution in [3.63, 3.8) is 0 Å². The van der Waals surface area contributed by atoms with E-state index in [1.165, 1.54) is 54.0 Å². The van der Waals surface area contributed by atoms with E-state index in [2.05, 4.69) is 57.4 Å². The molecule has 0 unspecified atom stereocenters. The Hall–Kier alpha value is -8.88. The lowest BCUT2D eigenvalue weighted by molar-refractivity contribution is -0.142. The van der Waals surface area contributed by atoms with Gasteiger partial charge < -0.3 is 28.7 Å². The predicted octanol–water partition coefficient (Wildman–Crippen LogP) is 13.5. The van der Waals surface area contributed by atoms with Crippen LogP contribution in [0.3, 0.4) is 0 Å². The smallest absolute Gasteiger partial charge is 0.420 e. The number of anilines is 4. The van der Waals surface area contributed by atoms with E-state index in [1.54, 1.807) is 32.9 Å². The number of methoxy groups -OCH3 is 1. The fourth-order valence-electron chi connectivity index (χ4n) is 11.4. The standard InChI is InChI=1S/C43H45F3N6O6S.C27H25BrN4O3S/c1-42(2,3)58-40(55)38-29(28-10-8-13-33(37(28)43(44,45)46)57-24-23-50-19-21-51(22-20-50)26-36(53)56-4)15-16-35(48-38)52-18-17-27-9-7-11-30(31(27)25-52)39(54)49-41-47-32-12-5-6-14-34(32)59-41;1-27(2,3)35-25(34)23-19(28)11-12-22(30-23)32-14-13-16-7-6-8-17(18(16)15-32)24(33)31-26-29-20-9-4-5-10-21(20)36-26/h5-16H,17-26H2,1-4H3,(H,47,49,54);4-12H,13-15H2,1-3H3,(H,29,31,33). The van der Waals surface area contributed by atoms with Crippen LogP contribution in [-0.2, 0) is 51.1 Å². The molecule has 0 atom stereocenters. The number of rotatable bonds is 15. The zero-order valence-electron chi connectivity index (χ0n) is 53.4. The van der Waals surface area contributed by atoms with E-state index in [1.807, 2.05) is 116 Å². The maximum Gasteiger partial charge on any atom is 0.420 e. The minimum Gasteiger partial charge on any atom is -0.492 e. The number of alkyl halides is 3. The fourth-order valence-corrected chi connectivity index (χ4v) is 13.5. The molecule has 95 heavy (non-hydrogen) atoms. The largest absolute Gasteiger partial charge is 0.492 e. The van der Waals surface area contributed by atoms with Gasteiger partial charge in [-0.05, 0) is 159 Å². The molecule has 2 N–H and O–H groups in total. The number of ether oxygens (including phenoxy) is 4. The number of aromatic nitrogens is 4. The first-order chi connectivity index (χ1) is 45.3. The van der Waals surface area contributed by atoms with Gasteiger partial charge in [0, 0.05) is 81.2 Å². The number of carbonyl (C=O) groups excluding carboxylic acids is 5. The van der Waals surface area contributed by atoms with Gasteiger partial charge in [-0.15, -0.1) is 0 Å². The van der Waals surface area contributed by atoms with Crippen molar-refractivity contribution in [1.82, 2.24) is 29.7 Å². The van der Waals surface area contributed by atoms with Crippen LogP contribution in [0.1, 0.15) is 111 Å². The van der Waals surface area contributed by atoms with E-state index < -0.39 is 34.9 Å². The molecule has 0 spiro atoms. The Morgan fingerprint density at radius 2 is 1.05 bits per heavy atom. The summed E-state index contributed by atoms with van der Waals surface area (Å²) in [5.41, 5.74) is 3.55. The number of para-hydroxylation sites is 2. The maximum absolute atomic E-state index is 15.0. The van der Waals surface area contributed by atoms with Crippen LogP contribution >= 0.6 is 38.6 Å². The number of carbonyl (C=O) groups is 5. The number of halogens is 4. The first kappa shape index (κ1) is 67.5. The van der Waals surface area contributed by atoms with E-state index in [0.717, 1.165) is 55.7 Å². The highest BCUT2D eigenvalue weighted by Crippen LogP contribution is 2.45. The number of hydrogen-bond donors (Lipinski definition) is 2. The third-order valence-corrected chi connectivity index (χ3v) is 18.5. The number of fused-ring (bicyclic) bond motifs is 4. The minimum atomic E-state index is -4.85. The number of benzene rings is 5. The topological polar surface area (TPSA) is 211 Å². The zero-order valence-corrected chi connectivity index (χ0v) is 56.6. The maximum atomic E-state index is 15.0. The second-order valence-electron chi connectivity index (χ2n) is 24.9. The van der Waals surface area contributed by atoms with Crippen molar-refractivity contribution in [3.05, 3.63) is 182 Å². The SMILES string of the molecule is CC(C)(C)OC(=O)c1nc(N2CCc3cccc(C(=O)Nc4nc5ccccc5s4)c3C2)ccc1Br.COC(=O)CN1CCN(CCOc2cccc(-c3ccc(N4CCc5cccc(C(=O)Nc6nc7ccccc7s6)c5C4)nc3C(=O)OC(C)(C)C)c2C(F)(F)F)CC1. The third kappa shape index (κ3) is 16.4. The van der Waals surface area contributed by atoms with Gasteiger partial charge >= 0.3 is 24.1 Å². The summed E-state index contributed by atoms with van der Waals surface area (Å²) in [6.45, 7) is 15.4. The van der Waals surface area contributed by atoms with Crippen LogP contribution in [0.15, 0.2) is 132 Å². The molecule has 5 aromatic carbocycles. The molecule has 0 bridgehead atoms. The number of amides is 2. The second kappa shape index (κ2) is 28.6. The lowest BCUT2D eigenvalue weighted by Gasteiger charge is -2.33. The van der Waals surface area contributed by atoms with Crippen LogP contribution < -0.4 is 25.2 Å². The van der Waals surface area contributed by atoms with Gasteiger partial charge in [0.25, 0.3) is 11.8 Å². The summed E-state index contributed by atoms with van der Waals surface area (Å²) in [5, 5.41) is 6.95. The molecule has 9 aromatic rings. The first-order valence-corrected chi connectivity index (χ1v) is 33.3. The molecular formula is C70H70BrF3N10O9S2. The highest BCUT2D eigenvalue weighted by atomic mass is 79.9. The number of nitrogens with zero attached hydrogens (tertiary/aromatic N) is 8. The number of piperazine rings is 1. The summed E-state index contributed by atoms with van der Waals surface area (Å²) in [6.07, 6.45) is -3.53. The highest BCUT2D eigenvalue weighted by molar-refractivity contribution is 9.10. The van der Waals surface area contributed by atoms with E-state index in [-0.39, 0.29) is 65.7 Å². The molecule has 1 saturated heterocycles. The summed E-state index contributed by atoms with van der Waals surface area (Å²) in [7, 11) is 1.34. The number of thiazole rings is 2. The van der Waals surface area contributed by atoms with E-state index in [4.69, 9.17) is 23.9 Å². The van der Waals surface area contributed by atoms with Gasteiger partial charge in [0.15, 0.2) is 21.7 Å². The number of hydrogen-bond acceptors (Lipinski definition) is 19. The number of pyridine rings is 2.